The lowest BCUT2D eigenvalue weighted by Crippen LogP contribution is -2.41. The number of nitrogens with one attached hydrogen (secondary N) is 1. The number of pyridine rings is 1. The largest absolute Gasteiger partial charge is 0.384 e. The lowest BCUT2D eigenvalue weighted by Gasteiger charge is -2.31. The molecule has 100 valence electrons. The molecular weight excluding hydrogens is 240 g/mol. The van der Waals surface area contributed by atoms with Crippen molar-refractivity contribution in [3.8, 4) is 11.8 Å². The van der Waals surface area contributed by atoms with E-state index in [0.29, 0.717) is 17.2 Å². The summed E-state index contributed by atoms with van der Waals surface area (Å²) >= 11 is 0. The van der Waals surface area contributed by atoms with Crippen LogP contribution in [0.5, 0.6) is 0 Å². The third-order valence-corrected chi connectivity index (χ3v) is 3.54. The summed E-state index contributed by atoms with van der Waals surface area (Å²) < 4.78 is 0. The monoisotopic (exact) mass is 258 g/mol. The minimum Gasteiger partial charge on any atom is -0.384 e. The minimum absolute atomic E-state index is 0.168. The SMILES string of the molecule is CC(NC(=O)c1ncccc1C#CCO)C1CCC1. The van der Waals surface area contributed by atoms with Crippen molar-refractivity contribution in [3.63, 3.8) is 0 Å². The predicted octanol–water partition coefficient (Wildman–Crippen LogP) is 1.34. The zero-order valence-corrected chi connectivity index (χ0v) is 11.0. The first-order valence-corrected chi connectivity index (χ1v) is 6.58. The highest BCUT2D eigenvalue weighted by Crippen LogP contribution is 2.29. The number of carbonyl (C=O) groups excluding carboxylic acids is 1. The number of hydrogen-bond acceptors (Lipinski definition) is 3. The van der Waals surface area contributed by atoms with E-state index in [4.69, 9.17) is 5.11 Å². The molecule has 1 atom stereocenters. The molecule has 1 fully saturated rings. The molecule has 4 heteroatoms. The van der Waals surface area contributed by atoms with Crippen molar-refractivity contribution in [2.45, 2.75) is 32.2 Å². The summed E-state index contributed by atoms with van der Waals surface area (Å²) in [6.45, 7) is 1.80. The summed E-state index contributed by atoms with van der Waals surface area (Å²) in [5, 5.41) is 11.7. The third-order valence-electron chi connectivity index (χ3n) is 3.54. The van der Waals surface area contributed by atoms with E-state index in [1.807, 2.05) is 6.92 Å². The standard InChI is InChI=1S/C15H18N2O2/c1-11(12-5-2-6-12)17-15(19)14-13(8-4-10-18)7-3-9-16-14/h3,7,9,11-12,18H,2,5-6,10H2,1H3,(H,17,19). The van der Waals surface area contributed by atoms with Crippen molar-refractivity contribution in [3.05, 3.63) is 29.6 Å². The molecule has 1 unspecified atom stereocenters. The second-order valence-corrected chi connectivity index (χ2v) is 4.81. The Balaban J connectivity index is 2.09. The average molecular weight is 258 g/mol. The molecule has 2 N–H and O–H groups in total. The molecule has 2 rings (SSSR count). The van der Waals surface area contributed by atoms with Crippen molar-refractivity contribution in [1.29, 1.82) is 0 Å². The molecule has 19 heavy (non-hydrogen) atoms. The number of nitrogens with zero attached hydrogens (tertiary/aromatic N) is 1. The molecule has 1 saturated carbocycles. The number of carbonyl (C=O) groups is 1. The second-order valence-electron chi connectivity index (χ2n) is 4.81. The number of amides is 1. The van der Waals surface area contributed by atoms with Gasteiger partial charge in [0.05, 0.1) is 5.56 Å². The summed E-state index contributed by atoms with van der Waals surface area (Å²) in [7, 11) is 0. The maximum absolute atomic E-state index is 12.2. The molecule has 1 heterocycles. The lowest BCUT2D eigenvalue weighted by atomic mass is 9.80. The van der Waals surface area contributed by atoms with Crippen LogP contribution in [0.3, 0.4) is 0 Å². The van der Waals surface area contributed by atoms with E-state index in [0.717, 1.165) is 0 Å². The van der Waals surface area contributed by atoms with Crippen LogP contribution in [0.25, 0.3) is 0 Å². The Bertz CT molecular complexity index is 512. The molecule has 1 aromatic heterocycles. The van der Waals surface area contributed by atoms with Gasteiger partial charge in [0, 0.05) is 12.2 Å². The molecule has 1 amide bonds. The fraction of sp³-hybridized carbons (Fsp3) is 0.467. The molecule has 0 spiro atoms. The summed E-state index contributed by atoms with van der Waals surface area (Å²) in [6, 6.07) is 3.63. The maximum Gasteiger partial charge on any atom is 0.271 e. The molecule has 0 aromatic carbocycles. The third kappa shape index (κ3) is 3.33. The van der Waals surface area contributed by atoms with Gasteiger partial charge >= 0.3 is 0 Å². The van der Waals surface area contributed by atoms with Gasteiger partial charge in [-0.15, -0.1) is 0 Å². The lowest BCUT2D eigenvalue weighted by molar-refractivity contribution is 0.0904. The van der Waals surface area contributed by atoms with Gasteiger partial charge in [-0.2, -0.15) is 0 Å². The zero-order chi connectivity index (χ0) is 13.7. The molecular formula is C15H18N2O2. The number of aromatic nitrogens is 1. The van der Waals surface area contributed by atoms with Gasteiger partial charge in [-0.25, -0.2) is 4.98 Å². The van der Waals surface area contributed by atoms with E-state index in [1.165, 1.54) is 19.3 Å². The van der Waals surface area contributed by atoms with Crippen LogP contribution in [0.4, 0.5) is 0 Å². The average Bonchev–Trinajstić information content (AvgIpc) is 2.34. The molecule has 0 saturated heterocycles. The molecule has 4 nitrogen and oxygen atoms in total. The van der Waals surface area contributed by atoms with Gasteiger partial charge in [0.2, 0.25) is 0 Å². The Labute approximate surface area is 113 Å². The van der Waals surface area contributed by atoms with Crippen molar-refractivity contribution in [2.24, 2.45) is 5.92 Å². The van der Waals surface area contributed by atoms with E-state index < -0.39 is 0 Å². The fourth-order valence-electron chi connectivity index (χ4n) is 2.15. The van der Waals surface area contributed by atoms with Crippen LogP contribution in [0.15, 0.2) is 18.3 Å². The van der Waals surface area contributed by atoms with Crippen LogP contribution in [0.2, 0.25) is 0 Å². The van der Waals surface area contributed by atoms with Crippen molar-refractivity contribution in [1.82, 2.24) is 10.3 Å². The van der Waals surface area contributed by atoms with E-state index in [1.54, 1.807) is 18.3 Å². The van der Waals surface area contributed by atoms with Crippen LogP contribution in [-0.2, 0) is 0 Å². The first-order chi connectivity index (χ1) is 9.22. The fourth-order valence-corrected chi connectivity index (χ4v) is 2.15. The first kappa shape index (κ1) is 13.6. The Kier molecular flexibility index (Phi) is 4.53. The van der Waals surface area contributed by atoms with Crippen LogP contribution in [-0.4, -0.2) is 28.6 Å². The zero-order valence-electron chi connectivity index (χ0n) is 11.0. The first-order valence-electron chi connectivity index (χ1n) is 6.58. The van der Waals surface area contributed by atoms with Crippen molar-refractivity contribution in [2.75, 3.05) is 6.61 Å². The summed E-state index contributed by atoms with van der Waals surface area (Å²) in [6.07, 6.45) is 5.19. The summed E-state index contributed by atoms with van der Waals surface area (Å²) in [4.78, 5) is 16.3. The van der Waals surface area contributed by atoms with Crippen molar-refractivity contribution >= 4 is 5.91 Å². The van der Waals surface area contributed by atoms with Gasteiger partial charge in [-0.1, -0.05) is 18.3 Å². The Hall–Kier alpha value is -1.86. The number of aliphatic hydroxyl groups excluding tert-OH is 1. The minimum atomic E-state index is -0.228. The second kappa shape index (κ2) is 6.35. The van der Waals surface area contributed by atoms with E-state index in [2.05, 4.69) is 22.1 Å². The topological polar surface area (TPSA) is 62.2 Å². The van der Waals surface area contributed by atoms with E-state index in [9.17, 15) is 4.79 Å². The molecule has 1 aliphatic rings. The molecule has 1 aliphatic carbocycles. The van der Waals surface area contributed by atoms with Gasteiger partial charge < -0.3 is 10.4 Å². The maximum atomic E-state index is 12.2. The van der Waals surface area contributed by atoms with Crippen LogP contribution < -0.4 is 5.32 Å². The smallest absolute Gasteiger partial charge is 0.271 e. The quantitative estimate of drug-likeness (QED) is 0.804. The summed E-state index contributed by atoms with van der Waals surface area (Å²) in [5.41, 5.74) is 0.879. The van der Waals surface area contributed by atoms with E-state index >= 15 is 0 Å². The number of aliphatic hydroxyl groups is 1. The molecule has 0 aliphatic heterocycles. The Morgan fingerprint density at radius 2 is 2.42 bits per heavy atom. The van der Waals surface area contributed by atoms with Crippen LogP contribution >= 0.6 is 0 Å². The van der Waals surface area contributed by atoms with Crippen LogP contribution in [0.1, 0.15) is 42.2 Å². The highest BCUT2D eigenvalue weighted by molar-refractivity contribution is 5.94. The predicted molar refractivity (Wildman–Crippen MR) is 72.5 cm³/mol. The Morgan fingerprint density at radius 3 is 3.05 bits per heavy atom. The van der Waals surface area contributed by atoms with E-state index in [-0.39, 0.29) is 18.6 Å². The highest BCUT2D eigenvalue weighted by Gasteiger charge is 2.26. The van der Waals surface area contributed by atoms with Gasteiger partial charge in [0.25, 0.3) is 5.91 Å². The molecule has 0 bridgehead atoms. The van der Waals surface area contributed by atoms with Crippen molar-refractivity contribution < 1.29 is 9.90 Å². The molecule has 1 aromatic rings. The normalized spacial score (nSPS) is 15.9. The highest BCUT2D eigenvalue weighted by atomic mass is 16.2. The van der Waals surface area contributed by atoms with Crippen LogP contribution in [0, 0.1) is 17.8 Å². The number of hydrogen-bond donors (Lipinski definition) is 2. The molecule has 0 radical (unpaired) electrons. The van der Waals surface area contributed by atoms with Gasteiger partial charge in [0.15, 0.2) is 0 Å². The van der Waals surface area contributed by atoms with Gasteiger partial charge in [0.1, 0.15) is 12.3 Å². The van der Waals surface area contributed by atoms with Gasteiger partial charge in [-0.3, -0.25) is 4.79 Å². The van der Waals surface area contributed by atoms with Gasteiger partial charge in [-0.05, 0) is 37.8 Å². The number of rotatable bonds is 3. The summed E-state index contributed by atoms with van der Waals surface area (Å²) in [5.74, 6) is 5.69. The Morgan fingerprint density at radius 1 is 1.63 bits per heavy atom.